The van der Waals surface area contributed by atoms with Crippen molar-refractivity contribution in [3.63, 3.8) is 0 Å². The van der Waals surface area contributed by atoms with E-state index in [-0.39, 0.29) is 11.4 Å². The number of rotatable bonds is 3. The van der Waals surface area contributed by atoms with Gasteiger partial charge in [-0.25, -0.2) is 0 Å². The molecule has 3 nitrogen and oxygen atoms in total. The third-order valence-electron chi connectivity index (χ3n) is 1.89. The van der Waals surface area contributed by atoms with Crippen LogP contribution in [0.1, 0.15) is 12.8 Å². The number of hydrogen-bond acceptors (Lipinski definition) is 3. The summed E-state index contributed by atoms with van der Waals surface area (Å²) in [6, 6.07) is 0. The van der Waals surface area contributed by atoms with Crippen molar-refractivity contribution in [1.29, 1.82) is 0 Å². The van der Waals surface area contributed by atoms with Gasteiger partial charge < -0.3 is 9.47 Å². The Bertz CT molecular complexity index is 138. The third kappa shape index (κ3) is 1.14. The van der Waals surface area contributed by atoms with Crippen LogP contribution in [0.15, 0.2) is 0 Å². The molecule has 0 heterocycles. The van der Waals surface area contributed by atoms with Crippen LogP contribution < -0.4 is 0 Å². The van der Waals surface area contributed by atoms with Gasteiger partial charge in [0.1, 0.15) is 0 Å². The molecule has 0 atom stereocenters. The van der Waals surface area contributed by atoms with Crippen molar-refractivity contribution in [2.45, 2.75) is 12.8 Å². The van der Waals surface area contributed by atoms with Crippen LogP contribution in [-0.2, 0) is 14.3 Å². The average Bonchev–Trinajstić information content (AvgIpc) is 2.69. The van der Waals surface area contributed by atoms with Gasteiger partial charge in [-0.1, -0.05) is 0 Å². The Labute approximate surface area is 60.3 Å². The highest BCUT2D eigenvalue weighted by Gasteiger charge is 2.51. The van der Waals surface area contributed by atoms with Gasteiger partial charge in [0, 0.05) is 7.11 Å². The Balaban J connectivity index is 2.43. The number of hydrogen-bond donors (Lipinski definition) is 0. The maximum absolute atomic E-state index is 11.0. The highest BCUT2D eigenvalue weighted by Crippen LogP contribution is 2.46. The van der Waals surface area contributed by atoms with Crippen molar-refractivity contribution in [3.8, 4) is 0 Å². The molecule has 0 saturated heterocycles. The Morgan fingerprint density at radius 3 is 2.40 bits per heavy atom. The first-order valence-corrected chi connectivity index (χ1v) is 3.32. The predicted octanol–water partition coefficient (Wildman–Crippen LogP) is 0.586. The zero-order valence-electron chi connectivity index (χ0n) is 6.35. The Morgan fingerprint density at radius 2 is 2.10 bits per heavy atom. The molecule has 1 saturated carbocycles. The molecule has 0 aromatic heterocycles. The van der Waals surface area contributed by atoms with Gasteiger partial charge in [0.25, 0.3) is 0 Å². The lowest BCUT2D eigenvalue weighted by Gasteiger charge is -2.09. The minimum atomic E-state index is -0.274. The SMILES string of the molecule is COCC1(C(=O)OC)CC1. The highest BCUT2D eigenvalue weighted by molar-refractivity contribution is 5.79. The number of ether oxygens (including phenoxy) is 2. The lowest BCUT2D eigenvalue weighted by Crippen LogP contribution is -2.22. The summed E-state index contributed by atoms with van der Waals surface area (Å²) in [5.74, 6) is -0.130. The summed E-state index contributed by atoms with van der Waals surface area (Å²) >= 11 is 0. The van der Waals surface area contributed by atoms with E-state index in [1.165, 1.54) is 7.11 Å². The molecule has 0 aromatic carbocycles. The molecule has 10 heavy (non-hydrogen) atoms. The van der Waals surface area contributed by atoms with Crippen LogP contribution in [0.25, 0.3) is 0 Å². The van der Waals surface area contributed by atoms with Crippen LogP contribution in [0.5, 0.6) is 0 Å². The molecule has 0 aliphatic heterocycles. The van der Waals surface area contributed by atoms with Crippen LogP contribution in [0.4, 0.5) is 0 Å². The number of carbonyl (C=O) groups excluding carboxylic acids is 1. The molecule has 0 amide bonds. The van der Waals surface area contributed by atoms with E-state index >= 15 is 0 Å². The summed E-state index contributed by atoms with van der Waals surface area (Å²) in [6.45, 7) is 0.500. The van der Waals surface area contributed by atoms with Gasteiger partial charge in [-0.05, 0) is 12.8 Å². The van der Waals surface area contributed by atoms with E-state index in [1.807, 2.05) is 0 Å². The molecule has 0 spiro atoms. The smallest absolute Gasteiger partial charge is 0.314 e. The second kappa shape index (κ2) is 2.58. The first-order valence-electron chi connectivity index (χ1n) is 3.32. The summed E-state index contributed by atoms with van der Waals surface area (Å²) < 4.78 is 9.50. The summed E-state index contributed by atoms with van der Waals surface area (Å²) in [5.41, 5.74) is -0.274. The van der Waals surface area contributed by atoms with Crippen molar-refractivity contribution >= 4 is 5.97 Å². The van der Waals surface area contributed by atoms with Gasteiger partial charge in [-0.15, -0.1) is 0 Å². The average molecular weight is 144 g/mol. The molecular formula is C7H12O3. The van der Waals surface area contributed by atoms with E-state index in [9.17, 15) is 4.79 Å². The lowest BCUT2D eigenvalue weighted by molar-refractivity contribution is -0.149. The number of methoxy groups -OCH3 is 2. The van der Waals surface area contributed by atoms with E-state index < -0.39 is 0 Å². The van der Waals surface area contributed by atoms with Gasteiger partial charge >= 0.3 is 5.97 Å². The summed E-state index contributed by atoms with van der Waals surface area (Å²) in [4.78, 5) is 11.0. The summed E-state index contributed by atoms with van der Waals surface area (Å²) in [7, 11) is 3.01. The maximum Gasteiger partial charge on any atom is 0.314 e. The molecule has 0 unspecified atom stereocenters. The quantitative estimate of drug-likeness (QED) is 0.544. The molecule has 0 radical (unpaired) electrons. The molecule has 58 valence electrons. The molecule has 0 N–H and O–H groups in total. The fourth-order valence-electron chi connectivity index (χ4n) is 1.05. The first kappa shape index (κ1) is 7.54. The lowest BCUT2D eigenvalue weighted by atomic mass is 10.1. The third-order valence-corrected chi connectivity index (χ3v) is 1.89. The van der Waals surface area contributed by atoms with Crippen LogP contribution >= 0.6 is 0 Å². The van der Waals surface area contributed by atoms with Crippen LogP contribution in [0.3, 0.4) is 0 Å². The fourth-order valence-corrected chi connectivity index (χ4v) is 1.05. The van der Waals surface area contributed by atoms with Gasteiger partial charge in [0.2, 0.25) is 0 Å². The maximum atomic E-state index is 11.0. The van der Waals surface area contributed by atoms with E-state index in [1.54, 1.807) is 7.11 Å². The van der Waals surface area contributed by atoms with E-state index in [2.05, 4.69) is 4.74 Å². The zero-order valence-corrected chi connectivity index (χ0v) is 6.35. The second-order valence-corrected chi connectivity index (χ2v) is 2.70. The Kier molecular flexibility index (Phi) is 1.94. The standard InChI is InChI=1S/C7H12O3/c1-9-5-7(3-4-7)6(8)10-2/h3-5H2,1-2H3. The van der Waals surface area contributed by atoms with Crippen molar-refractivity contribution in [1.82, 2.24) is 0 Å². The zero-order chi connectivity index (χ0) is 7.61. The number of esters is 1. The molecule has 1 rings (SSSR count). The molecule has 0 aromatic rings. The largest absolute Gasteiger partial charge is 0.469 e. The molecule has 0 bridgehead atoms. The van der Waals surface area contributed by atoms with Gasteiger partial charge in [-0.3, -0.25) is 4.79 Å². The second-order valence-electron chi connectivity index (χ2n) is 2.70. The van der Waals surface area contributed by atoms with Crippen LogP contribution in [0.2, 0.25) is 0 Å². The minimum absolute atomic E-state index is 0.130. The first-order chi connectivity index (χ1) is 4.75. The van der Waals surface area contributed by atoms with Crippen LogP contribution in [-0.4, -0.2) is 26.8 Å². The molecule has 1 aliphatic rings. The van der Waals surface area contributed by atoms with E-state index in [4.69, 9.17) is 4.74 Å². The fraction of sp³-hybridized carbons (Fsp3) is 0.857. The van der Waals surface area contributed by atoms with E-state index in [0.717, 1.165) is 12.8 Å². The Morgan fingerprint density at radius 1 is 1.50 bits per heavy atom. The molecular weight excluding hydrogens is 132 g/mol. The molecule has 1 fully saturated rings. The summed E-state index contributed by atoms with van der Waals surface area (Å²) in [6.07, 6.45) is 1.82. The minimum Gasteiger partial charge on any atom is -0.469 e. The van der Waals surface area contributed by atoms with Gasteiger partial charge in [0.15, 0.2) is 0 Å². The van der Waals surface area contributed by atoms with E-state index in [0.29, 0.717) is 6.61 Å². The molecule has 1 aliphatic carbocycles. The van der Waals surface area contributed by atoms with Crippen molar-refractivity contribution in [2.75, 3.05) is 20.8 Å². The monoisotopic (exact) mass is 144 g/mol. The van der Waals surface area contributed by atoms with Crippen molar-refractivity contribution in [2.24, 2.45) is 5.41 Å². The number of carbonyl (C=O) groups is 1. The van der Waals surface area contributed by atoms with Gasteiger partial charge in [0.05, 0.1) is 19.1 Å². The molecule has 3 heteroatoms. The van der Waals surface area contributed by atoms with Gasteiger partial charge in [-0.2, -0.15) is 0 Å². The Hall–Kier alpha value is -0.570. The predicted molar refractivity (Wildman–Crippen MR) is 35.6 cm³/mol. The summed E-state index contributed by atoms with van der Waals surface area (Å²) in [5, 5.41) is 0. The van der Waals surface area contributed by atoms with Crippen molar-refractivity contribution < 1.29 is 14.3 Å². The topological polar surface area (TPSA) is 35.5 Å². The normalized spacial score (nSPS) is 20.2. The van der Waals surface area contributed by atoms with Crippen molar-refractivity contribution in [3.05, 3.63) is 0 Å². The van der Waals surface area contributed by atoms with Crippen LogP contribution in [0, 0.1) is 5.41 Å². The highest BCUT2D eigenvalue weighted by atomic mass is 16.5.